The lowest BCUT2D eigenvalue weighted by molar-refractivity contribution is 0.374. The number of aromatic nitrogens is 4. The summed E-state index contributed by atoms with van der Waals surface area (Å²) >= 11 is 1.59. The third kappa shape index (κ3) is 4.11. The standard InChI is InChI=1S/C22H27FN6OS/c1-13(2)29-22(30-18-8-6-17(23)7-9-18)25-21(26-29)24-20-15-4-5-16(20)12-28(11-15)19-10-14(3)27-31-19/h6-10,13,15-16,20H,4-5,11-12H2,1-3H3,(H,24,26)/t15-,16+,20-. The van der Waals surface area contributed by atoms with E-state index >= 15 is 0 Å². The van der Waals surface area contributed by atoms with Gasteiger partial charge < -0.3 is 15.0 Å². The molecule has 31 heavy (non-hydrogen) atoms. The van der Waals surface area contributed by atoms with Crippen molar-refractivity contribution in [3.63, 3.8) is 0 Å². The number of piperidine rings is 1. The number of ether oxygens (including phenoxy) is 1. The number of anilines is 2. The van der Waals surface area contributed by atoms with Crippen molar-refractivity contribution in [3.05, 3.63) is 41.8 Å². The van der Waals surface area contributed by atoms with Crippen LogP contribution in [0.25, 0.3) is 0 Å². The van der Waals surface area contributed by atoms with E-state index in [4.69, 9.17) is 4.74 Å². The Labute approximate surface area is 185 Å². The number of benzene rings is 1. The molecule has 1 saturated carbocycles. The Morgan fingerprint density at radius 3 is 2.48 bits per heavy atom. The number of nitrogens with zero attached hydrogens (tertiary/aromatic N) is 5. The Bertz CT molecular complexity index is 1030. The van der Waals surface area contributed by atoms with Crippen molar-refractivity contribution in [2.45, 2.75) is 45.7 Å². The zero-order valence-corrected chi connectivity index (χ0v) is 18.8. The van der Waals surface area contributed by atoms with Gasteiger partial charge in [0.15, 0.2) is 0 Å². The predicted octanol–water partition coefficient (Wildman–Crippen LogP) is 4.88. The topological polar surface area (TPSA) is 68.1 Å². The Kier molecular flexibility index (Phi) is 5.29. The van der Waals surface area contributed by atoms with E-state index in [0.29, 0.717) is 35.6 Å². The molecule has 1 aliphatic carbocycles. The minimum absolute atomic E-state index is 0.0895. The summed E-state index contributed by atoms with van der Waals surface area (Å²) in [7, 11) is 0. The van der Waals surface area contributed by atoms with Gasteiger partial charge in [-0.25, -0.2) is 9.07 Å². The average molecular weight is 443 g/mol. The molecular formula is C22H27FN6OS. The largest absolute Gasteiger partial charge is 0.424 e. The van der Waals surface area contributed by atoms with Crippen molar-refractivity contribution in [1.29, 1.82) is 0 Å². The van der Waals surface area contributed by atoms with E-state index in [1.807, 2.05) is 20.8 Å². The van der Waals surface area contributed by atoms with Gasteiger partial charge in [0, 0.05) is 19.1 Å². The average Bonchev–Trinajstić information content (AvgIpc) is 3.40. The molecule has 2 bridgehead atoms. The van der Waals surface area contributed by atoms with E-state index in [0.717, 1.165) is 18.8 Å². The highest BCUT2D eigenvalue weighted by Gasteiger charge is 2.43. The molecular weight excluding hydrogens is 415 g/mol. The summed E-state index contributed by atoms with van der Waals surface area (Å²) in [4.78, 5) is 7.10. The van der Waals surface area contributed by atoms with Crippen LogP contribution in [-0.4, -0.2) is 38.3 Å². The molecule has 3 aromatic rings. The van der Waals surface area contributed by atoms with Crippen LogP contribution in [-0.2, 0) is 0 Å². The highest BCUT2D eigenvalue weighted by atomic mass is 32.1. The second-order valence-corrected chi connectivity index (χ2v) is 9.57. The first kappa shape index (κ1) is 20.2. The van der Waals surface area contributed by atoms with Crippen LogP contribution in [0.5, 0.6) is 11.8 Å². The fourth-order valence-corrected chi connectivity index (χ4v) is 5.45. The van der Waals surface area contributed by atoms with Crippen LogP contribution in [0.3, 0.4) is 0 Å². The number of aryl methyl sites for hydroxylation is 1. The molecule has 3 heterocycles. The van der Waals surface area contributed by atoms with Gasteiger partial charge in [-0.2, -0.15) is 9.36 Å². The molecule has 2 aromatic heterocycles. The third-order valence-corrected chi connectivity index (χ3v) is 7.11. The van der Waals surface area contributed by atoms with Crippen molar-refractivity contribution < 1.29 is 9.13 Å². The van der Waals surface area contributed by atoms with E-state index in [9.17, 15) is 4.39 Å². The number of halogens is 1. The Hall–Kier alpha value is -2.68. The highest BCUT2D eigenvalue weighted by Crippen LogP contribution is 2.41. The van der Waals surface area contributed by atoms with Crippen LogP contribution in [0, 0.1) is 24.6 Å². The maximum absolute atomic E-state index is 13.2. The smallest absolute Gasteiger partial charge is 0.322 e. The van der Waals surface area contributed by atoms with Gasteiger partial charge in [0.05, 0.1) is 11.7 Å². The fraction of sp³-hybridized carbons (Fsp3) is 0.500. The number of rotatable bonds is 6. The van der Waals surface area contributed by atoms with Crippen LogP contribution in [0.1, 0.15) is 38.4 Å². The van der Waals surface area contributed by atoms with Crippen molar-refractivity contribution in [3.8, 4) is 11.8 Å². The van der Waals surface area contributed by atoms with Gasteiger partial charge in [0.1, 0.15) is 16.6 Å². The Balaban J connectivity index is 1.31. The SMILES string of the molecule is Cc1cc(N2C[C@H]3CC[C@@H](C2)[C@@H]3Nc2nc(Oc3ccc(F)cc3)n(C(C)C)n2)sn1. The second-order valence-electron chi connectivity index (χ2n) is 8.79. The molecule has 164 valence electrons. The molecule has 1 saturated heterocycles. The molecule has 5 rings (SSSR count). The summed E-state index contributed by atoms with van der Waals surface area (Å²) in [6.07, 6.45) is 2.42. The van der Waals surface area contributed by atoms with E-state index in [-0.39, 0.29) is 11.9 Å². The van der Waals surface area contributed by atoms with Gasteiger partial charge in [0.2, 0.25) is 5.95 Å². The van der Waals surface area contributed by atoms with Gasteiger partial charge in [-0.05, 0) is 87.3 Å². The van der Waals surface area contributed by atoms with Crippen molar-refractivity contribution in [2.24, 2.45) is 11.8 Å². The first-order chi connectivity index (χ1) is 15.0. The summed E-state index contributed by atoms with van der Waals surface area (Å²) in [5.74, 6) is 1.93. The summed E-state index contributed by atoms with van der Waals surface area (Å²) in [6, 6.07) is 8.98. The Morgan fingerprint density at radius 1 is 1.16 bits per heavy atom. The monoisotopic (exact) mass is 442 g/mol. The van der Waals surface area contributed by atoms with Crippen LogP contribution < -0.4 is 15.0 Å². The van der Waals surface area contributed by atoms with Crippen molar-refractivity contribution >= 4 is 22.5 Å². The maximum Gasteiger partial charge on any atom is 0.322 e. The molecule has 0 radical (unpaired) electrons. The fourth-order valence-electron chi connectivity index (χ4n) is 4.67. The van der Waals surface area contributed by atoms with Gasteiger partial charge in [-0.1, -0.05) is 0 Å². The van der Waals surface area contributed by atoms with Crippen LogP contribution >= 0.6 is 11.5 Å². The van der Waals surface area contributed by atoms with E-state index in [2.05, 4.69) is 30.7 Å². The zero-order chi connectivity index (χ0) is 21.5. The van der Waals surface area contributed by atoms with E-state index in [1.54, 1.807) is 28.3 Å². The second kappa shape index (κ2) is 8.11. The number of hydrogen-bond acceptors (Lipinski definition) is 7. The molecule has 1 N–H and O–H groups in total. The summed E-state index contributed by atoms with van der Waals surface area (Å²) in [5, 5.41) is 9.55. The molecule has 9 heteroatoms. The predicted molar refractivity (Wildman–Crippen MR) is 120 cm³/mol. The molecule has 0 amide bonds. The van der Waals surface area contributed by atoms with Gasteiger partial charge in [0.25, 0.3) is 0 Å². The lowest BCUT2D eigenvalue weighted by Gasteiger charge is -2.38. The maximum atomic E-state index is 13.2. The van der Waals surface area contributed by atoms with Crippen molar-refractivity contribution in [2.75, 3.05) is 23.3 Å². The normalized spacial score (nSPS) is 22.9. The molecule has 2 aliphatic rings. The first-order valence-electron chi connectivity index (χ1n) is 10.8. The van der Waals surface area contributed by atoms with Crippen LogP contribution in [0.4, 0.5) is 15.3 Å². The molecule has 3 atom stereocenters. The van der Waals surface area contributed by atoms with Crippen LogP contribution in [0.15, 0.2) is 30.3 Å². The van der Waals surface area contributed by atoms with E-state index in [1.165, 1.54) is 30.0 Å². The zero-order valence-electron chi connectivity index (χ0n) is 18.0. The molecule has 2 fully saturated rings. The molecule has 0 unspecified atom stereocenters. The minimum atomic E-state index is -0.296. The quantitative estimate of drug-likeness (QED) is 0.587. The summed E-state index contributed by atoms with van der Waals surface area (Å²) in [5.41, 5.74) is 1.09. The first-order valence-corrected chi connectivity index (χ1v) is 11.6. The van der Waals surface area contributed by atoms with Crippen molar-refractivity contribution in [1.82, 2.24) is 19.1 Å². The summed E-state index contributed by atoms with van der Waals surface area (Å²) in [6.45, 7) is 8.18. The highest BCUT2D eigenvalue weighted by molar-refractivity contribution is 7.10. The number of hydrogen-bond donors (Lipinski definition) is 1. The minimum Gasteiger partial charge on any atom is -0.424 e. The van der Waals surface area contributed by atoms with Crippen LogP contribution in [0.2, 0.25) is 0 Å². The third-order valence-electron chi connectivity index (χ3n) is 6.17. The van der Waals surface area contributed by atoms with Gasteiger partial charge in [-0.3, -0.25) is 0 Å². The molecule has 7 nitrogen and oxygen atoms in total. The number of fused-ring (bicyclic) bond motifs is 2. The molecule has 1 aromatic carbocycles. The van der Waals surface area contributed by atoms with Gasteiger partial charge in [-0.15, -0.1) is 5.10 Å². The number of nitrogens with one attached hydrogen (secondary N) is 1. The molecule has 1 aliphatic heterocycles. The van der Waals surface area contributed by atoms with E-state index < -0.39 is 0 Å². The molecule has 0 spiro atoms. The lowest BCUT2D eigenvalue weighted by Crippen LogP contribution is -2.48. The lowest BCUT2D eigenvalue weighted by atomic mass is 9.92. The summed E-state index contributed by atoms with van der Waals surface area (Å²) < 4.78 is 25.3. The van der Waals surface area contributed by atoms with Gasteiger partial charge >= 0.3 is 6.01 Å². The Morgan fingerprint density at radius 2 is 1.87 bits per heavy atom.